The molecule has 1 aliphatic heterocycles. The number of sulfonamides is 1. The summed E-state index contributed by atoms with van der Waals surface area (Å²) in [7, 11) is -0.759. The lowest BCUT2D eigenvalue weighted by molar-refractivity contribution is 0.0572. The predicted octanol–water partition coefficient (Wildman–Crippen LogP) is -0.939. The second-order valence-corrected chi connectivity index (χ2v) is 7.14. The van der Waals surface area contributed by atoms with Crippen LogP contribution in [-0.4, -0.2) is 62.3 Å². The van der Waals surface area contributed by atoms with Crippen LogP contribution in [0.2, 0.25) is 0 Å². The maximum Gasteiger partial charge on any atom is 0.244 e. The minimum atomic E-state index is -3.63. The Morgan fingerprint density at radius 1 is 1.25 bits per heavy atom. The van der Waals surface area contributed by atoms with Crippen LogP contribution in [0.25, 0.3) is 0 Å². The van der Waals surface area contributed by atoms with Crippen LogP contribution in [-0.2, 0) is 10.0 Å². The SMILES string of the molecule is CN(C)S(=O)(=O)c1cccc(N2CC(O)C(O)C2)c1N. The molecule has 1 aliphatic rings. The first-order valence-corrected chi connectivity index (χ1v) is 7.61. The maximum absolute atomic E-state index is 12.2. The van der Waals surface area contributed by atoms with Gasteiger partial charge in [0.2, 0.25) is 10.0 Å². The minimum Gasteiger partial charge on any atom is -0.396 e. The van der Waals surface area contributed by atoms with Crippen molar-refractivity contribution >= 4 is 21.4 Å². The molecule has 1 aromatic rings. The Morgan fingerprint density at radius 3 is 2.30 bits per heavy atom. The highest BCUT2D eigenvalue weighted by molar-refractivity contribution is 7.89. The minimum absolute atomic E-state index is 0.0240. The summed E-state index contributed by atoms with van der Waals surface area (Å²) in [5.41, 5.74) is 6.60. The molecule has 112 valence electrons. The van der Waals surface area contributed by atoms with Crippen molar-refractivity contribution in [3.05, 3.63) is 18.2 Å². The van der Waals surface area contributed by atoms with Gasteiger partial charge in [-0.25, -0.2) is 12.7 Å². The highest BCUT2D eigenvalue weighted by atomic mass is 32.2. The lowest BCUT2D eigenvalue weighted by atomic mass is 10.2. The van der Waals surface area contributed by atoms with Gasteiger partial charge in [0.1, 0.15) is 4.90 Å². The monoisotopic (exact) mass is 301 g/mol. The molecule has 1 saturated heterocycles. The van der Waals surface area contributed by atoms with Crippen LogP contribution in [0.15, 0.2) is 23.1 Å². The number of anilines is 2. The van der Waals surface area contributed by atoms with Crippen molar-refractivity contribution in [1.82, 2.24) is 4.31 Å². The first-order valence-electron chi connectivity index (χ1n) is 6.17. The second kappa shape index (κ2) is 5.21. The third kappa shape index (κ3) is 2.47. The average Bonchev–Trinajstić information content (AvgIpc) is 2.69. The molecule has 8 heteroatoms. The normalized spacial score (nSPS) is 23.6. The van der Waals surface area contributed by atoms with Crippen molar-refractivity contribution in [2.45, 2.75) is 17.1 Å². The van der Waals surface area contributed by atoms with E-state index in [1.165, 1.54) is 20.2 Å². The van der Waals surface area contributed by atoms with Gasteiger partial charge in [0, 0.05) is 27.2 Å². The number of rotatable bonds is 3. The fourth-order valence-electron chi connectivity index (χ4n) is 2.20. The van der Waals surface area contributed by atoms with Crippen LogP contribution in [0, 0.1) is 0 Å². The van der Waals surface area contributed by atoms with Crippen LogP contribution >= 0.6 is 0 Å². The third-order valence-corrected chi connectivity index (χ3v) is 5.27. The van der Waals surface area contributed by atoms with Gasteiger partial charge in [0.05, 0.1) is 23.6 Å². The molecule has 0 aromatic heterocycles. The molecule has 0 amide bonds. The van der Waals surface area contributed by atoms with E-state index in [0.717, 1.165) is 4.31 Å². The van der Waals surface area contributed by atoms with Crippen molar-refractivity contribution < 1.29 is 18.6 Å². The van der Waals surface area contributed by atoms with Crippen LogP contribution in [0.3, 0.4) is 0 Å². The number of nitrogens with zero attached hydrogens (tertiary/aromatic N) is 2. The van der Waals surface area contributed by atoms with E-state index < -0.39 is 22.2 Å². The third-order valence-electron chi connectivity index (χ3n) is 3.40. The molecular weight excluding hydrogens is 282 g/mol. The van der Waals surface area contributed by atoms with Crippen LogP contribution < -0.4 is 10.6 Å². The topological polar surface area (TPSA) is 107 Å². The average molecular weight is 301 g/mol. The van der Waals surface area contributed by atoms with Crippen LogP contribution in [0.4, 0.5) is 11.4 Å². The first-order chi connectivity index (χ1) is 9.25. The maximum atomic E-state index is 12.2. The zero-order valence-electron chi connectivity index (χ0n) is 11.4. The van der Waals surface area contributed by atoms with Crippen molar-refractivity contribution in [3.63, 3.8) is 0 Å². The largest absolute Gasteiger partial charge is 0.396 e. The molecule has 4 N–H and O–H groups in total. The van der Waals surface area contributed by atoms with E-state index in [9.17, 15) is 18.6 Å². The molecule has 1 aromatic carbocycles. The first kappa shape index (κ1) is 15.0. The molecule has 1 heterocycles. The molecule has 20 heavy (non-hydrogen) atoms. The predicted molar refractivity (Wildman–Crippen MR) is 76.0 cm³/mol. The fourth-order valence-corrected chi connectivity index (χ4v) is 3.22. The summed E-state index contributed by atoms with van der Waals surface area (Å²) in [5, 5.41) is 19.2. The molecule has 2 atom stereocenters. The van der Waals surface area contributed by atoms with E-state index in [1.54, 1.807) is 17.0 Å². The quantitative estimate of drug-likeness (QED) is 0.622. The van der Waals surface area contributed by atoms with Gasteiger partial charge >= 0.3 is 0 Å². The Morgan fingerprint density at radius 2 is 1.80 bits per heavy atom. The summed E-state index contributed by atoms with van der Waals surface area (Å²) in [5.74, 6) is 0. The summed E-state index contributed by atoms with van der Waals surface area (Å²) >= 11 is 0. The summed E-state index contributed by atoms with van der Waals surface area (Å²) < 4.78 is 25.4. The fraction of sp³-hybridized carbons (Fsp3) is 0.500. The number of aliphatic hydroxyl groups is 2. The Balaban J connectivity index is 2.44. The number of nitrogen functional groups attached to an aromatic ring is 1. The Hall–Kier alpha value is -1.35. The number of benzene rings is 1. The van der Waals surface area contributed by atoms with Gasteiger partial charge in [-0.1, -0.05) is 6.07 Å². The van der Waals surface area contributed by atoms with Gasteiger partial charge in [0.15, 0.2) is 0 Å². The summed E-state index contributed by atoms with van der Waals surface area (Å²) in [6, 6.07) is 4.71. The molecule has 0 spiro atoms. The van der Waals surface area contributed by atoms with E-state index in [1.807, 2.05) is 0 Å². The van der Waals surface area contributed by atoms with Gasteiger partial charge in [-0.05, 0) is 12.1 Å². The number of aliphatic hydroxyl groups excluding tert-OH is 2. The molecular formula is C12H19N3O4S. The molecule has 2 unspecified atom stereocenters. The summed E-state index contributed by atoms with van der Waals surface area (Å²) in [6.45, 7) is 0.438. The number of hydrogen-bond donors (Lipinski definition) is 3. The van der Waals surface area contributed by atoms with E-state index in [2.05, 4.69) is 0 Å². The molecule has 2 rings (SSSR count). The number of nitrogens with two attached hydrogens (primary N) is 1. The molecule has 1 fully saturated rings. The summed E-state index contributed by atoms with van der Waals surface area (Å²) in [4.78, 5) is 1.70. The Kier molecular flexibility index (Phi) is 3.92. The lowest BCUT2D eigenvalue weighted by Crippen LogP contribution is -2.26. The van der Waals surface area contributed by atoms with Gasteiger partial charge in [-0.15, -0.1) is 0 Å². The van der Waals surface area contributed by atoms with Gasteiger partial charge in [-0.3, -0.25) is 0 Å². The zero-order chi connectivity index (χ0) is 15.1. The smallest absolute Gasteiger partial charge is 0.244 e. The highest BCUT2D eigenvalue weighted by Crippen LogP contribution is 2.32. The van der Waals surface area contributed by atoms with E-state index >= 15 is 0 Å². The molecule has 0 aliphatic carbocycles. The standard InChI is InChI=1S/C12H19N3O4S/c1-14(2)20(18,19)11-5-3-4-8(12(11)13)15-6-9(16)10(17)7-15/h3-5,9-10,16-17H,6-7,13H2,1-2H3. The number of β-amino-alcohol motifs (C(OH)–C–C–N with tert-alkyl or cyclic N) is 2. The highest BCUT2D eigenvalue weighted by Gasteiger charge is 2.32. The number of hydrogen-bond acceptors (Lipinski definition) is 6. The molecule has 7 nitrogen and oxygen atoms in total. The molecule has 0 radical (unpaired) electrons. The molecule has 0 bridgehead atoms. The van der Waals surface area contributed by atoms with Crippen molar-refractivity contribution in [3.8, 4) is 0 Å². The van der Waals surface area contributed by atoms with Gasteiger partial charge < -0.3 is 20.8 Å². The number of para-hydroxylation sites is 1. The Bertz CT molecular complexity index is 593. The van der Waals surface area contributed by atoms with Gasteiger partial charge in [-0.2, -0.15) is 0 Å². The summed E-state index contributed by atoms with van der Waals surface area (Å²) in [6.07, 6.45) is -1.72. The van der Waals surface area contributed by atoms with Crippen molar-refractivity contribution in [2.24, 2.45) is 0 Å². The van der Waals surface area contributed by atoms with Crippen LogP contribution in [0.1, 0.15) is 0 Å². The van der Waals surface area contributed by atoms with Crippen molar-refractivity contribution in [1.29, 1.82) is 0 Å². The Labute approximate surface area is 118 Å². The van der Waals surface area contributed by atoms with E-state index in [-0.39, 0.29) is 23.7 Å². The van der Waals surface area contributed by atoms with Crippen LogP contribution in [0.5, 0.6) is 0 Å². The molecule has 0 saturated carbocycles. The van der Waals surface area contributed by atoms with Crippen molar-refractivity contribution in [2.75, 3.05) is 37.8 Å². The van der Waals surface area contributed by atoms with E-state index in [0.29, 0.717) is 5.69 Å². The zero-order valence-corrected chi connectivity index (χ0v) is 12.2. The van der Waals surface area contributed by atoms with Gasteiger partial charge in [0.25, 0.3) is 0 Å². The van der Waals surface area contributed by atoms with E-state index in [4.69, 9.17) is 5.73 Å². The lowest BCUT2D eigenvalue weighted by Gasteiger charge is -2.22. The second-order valence-electron chi connectivity index (χ2n) is 5.02.